The lowest BCUT2D eigenvalue weighted by molar-refractivity contribution is 0.0715. The van der Waals surface area contributed by atoms with Crippen molar-refractivity contribution >= 4 is 11.0 Å². The van der Waals surface area contributed by atoms with Crippen LogP contribution < -0.4 is 25.4 Å². The summed E-state index contributed by atoms with van der Waals surface area (Å²) in [5.41, 5.74) is 8.90. The number of fused-ring (bicyclic) bond motifs is 1. The van der Waals surface area contributed by atoms with Gasteiger partial charge in [-0.05, 0) is 41.3 Å². The molecule has 0 aliphatic heterocycles. The number of aliphatic hydroxyl groups excluding tert-OH is 1. The molecule has 216 valence electrons. The average Bonchev–Trinajstić information content (AvgIpc) is 3.02. The molecule has 0 bridgehead atoms. The van der Waals surface area contributed by atoms with Crippen LogP contribution in [-0.4, -0.2) is 23.9 Å². The number of ether oxygens (including phenoxy) is 3. The van der Waals surface area contributed by atoms with E-state index in [9.17, 15) is 9.90 Å². The molecule has 3 N–H and O–H groups in total. The zero-order valence-electron chi connectivity index (χ0n) is 23.7. The monoisotopic (exact) mass is 565 g/mol. The first-order chi connectivity index (χ1) is 20.4. The molecule has 7 nitrogen and oxygen atoms in total. The highest BCUT2D eigenvalue weighted by atomic mass is 16.5. The van der Waals surface area contributed by atoms with Gasteiger partial charge in [-0.3, -0.25) is 4.79 Å². The van der Waals surface area contributed by atoms with Crippen LogP contribution in [0.5, 0.6) is 17.2 Å². The van der Waals surface area contributed by atoms with Crippen molar-refractivity contribution in [3.8, 4) is 28.6 Å². The molecule has 5 aromatic rings. The molecule has 0 fully saturated rings. The second-order valence-electron chi connectivity index (χ2n) is 10.6. The maximum absolute atomic E-state index is 13.1. The predicted molar refractivity (Wildman–Crippen MR) is 164 cm³/mol. The van der Waals surface area contributed by atoms with Crippen molar-refractivity contribution in [2.45, 2.75) is 39.2 Å². The van der Waals surface area contributed by atoms with Crippen molar-refractivity contribution < 1.29 is 23.7 Å². The average molecular weight is 566 g/mol. The van der Waals surface area contributed by atoms with E-state index in [1.54, 1.807) is 18.2 Å². The lowest BCUT2D eigenvalue weighted by atomic mass is 10.0. The van der Waals surface area contributed by atoms with Crippen LogP contribution in [-0.2, 0) is 13.2 Å². The first-order valence-electron chi connectivity index (χ1n) is 14.0. The summed E-state index contributed by atoms with van der Waals surface area (Å²) in [5, 5.41) is 10.8. The number of hydrogen-bond acceptors (Lipinski definition) is 7. The molecule has 7 heteroatoms. The summed E-state index contributed by atoms with van der Waals surface area (Å²) in [5.74, 6) is 2.09. The van der Waals surface area contributed by atoms with Crippen molar-refractivity contribution in [2.75, 3.05) is 6.61 Å². The van der Waals surface area contributed by atoms with E-state index >= 15 is 0 Å². The zero-order chi connectivity index (χ0) is 29.5. The van der Waals surface area contributed by atoms with Gasteiger partial charge in [-0.15, -0.1) is 0 Å². The molecule has 0 saturated carbocycles. The molecule has 42 heavy (non-hydrogen) atoms. The molecule has 0 aliphatic carbocycles. The normalized spacial score (nSPS) is 12.7. The van der Waals surface area contributed by atoms with E-state index in [0.29, 0.717) is 52.8 Å². The van der Waals surface area contributed by atoms with E-state index in [2.05, 4.69) is 0 Å². The fraction of sp³-hybridized carbons (Fsp3) is 0.229. The van der Waals surface area contributed by atoms with Crippen LogP contribution in [0.3, 0.4) is 0 Å². The van der Waals surface area contributed by atoms with Crippen LogP contribution in [0, 0.1) is 5.92 Å². The third kappa shape index (κ3) is 7.37. The van der Waals surface area contributed by atoms with E-state index < -0.39 is 12.1 Å². The second kappa shape index (κ2) is 13.4. The van der Waals surface area contributed by atoms with Crippen molar-refractivity contribution in [3.05, 3.63) is 124 Å². The summed E-state index contributed by atoms with van der Waals surface area (Å²) in [6, 6.07) is 31.3. The maximum Gasteiger partial charge on any atom is 0.193 e. The summed E-state index contributed by atoms with van der Waals surface area (Å²) in [7, 11) is 0. The molecule has 4 aromatic carbocycles. The Morgan fingerprint density at radius 2 is 1.33 bits per heavy atom. The second-order valence-corrected chi connectivity index (χ2v) is 10.6. The molecule has 1 unspecified atom stereocenters. The fourth-order valence-corrected chi connectivity index (χ4v) is 4.47. The SMILES string of the molecule is CC(C)C(N)[C@@H](O)COc1ccc2c(=O)cc(-c3cc(OCc4ccccc4)cc(OCc4ccccc4)c3)oc2c1. The lowest BCUT2D eigenvalue weighted by Gasteiger charge is -2.22. The topological polar surface area (TPSA) is 104 Å². The van der Waals surface area contributed by atoms with Gasteiger partial charge < -0.3 is 29.5 Å². The van der Waals surface area contributed by atoms with Gasteiger partial charge in [0, 0.05) is 29.8 Å². The van der Waals surface area contributed by atoms with Crippen molar-refractivity contribution in [3.63, 3.8) is 0 Å². The lowest BCUT2D eigenvalue weighted by Crippen LogP contribution is -2.42. The summed E-state index contributed by atoms with van der Waals surface area (Å²) >= 11 is 0. The number of aliphatic hydroxyl groups is 1. The molecule has 0 amide bonds. The van der Waals surface area contributed by atoms with Crippen LogP contribution >= 0.6 is 0 Å². The zero-order valence-corrected chi connectivity index (χ0v) is 23.7. The van der Waals surface area contributed by atoms with Crippen molar-refractivity contribution in [1.82, 2.24) is 0 Å². The summed E-state index contributed by atoms with van der Waals surface area (Å²) < 4.78 is 24.2. The molecule has 0 aliphatic rings. The highest BCUT2D eigenvalue weighted by Gasteiger charge is 2.19. The minimum Gasteiger partial charge on any atom is -0.491 e. The molecule has 0 saturated heterocycles. The summed E-state index contributed by atoms with van der Waals surface area (Å²) in [4.78, 5) is 13.1. The molecule has 0 spiro atoms. The van der Waals surface area contributed by atoms with E-state index in [1.807, 2.05) is 92.7 Å². The Balaban J connectivity index is 1.44. The summed E-state index contributed by atoms with van der Waals surface area (Å²) in [6.07, 6.45) is -0.827. The smallest absolute Gasteiger partial charge is 0.193 e. The molecule has 2 atom stereocenters. The molecule has 5 rings (SSSR count). The Labute approximate surface area is 245 Å². The minimum absolute atomic E-state index is 0.0255. The first kappa shape index (κ1) is 28.9. The quantitative estimate of drug-likeness (QED) is 0.182. The Kier molecular flexibility index (Phi) is 9.21. The molecule has 1 aromatic heterocycles. The van der Waals surface area contributed by atoms with Crippen molar-refractivity contribution in [2.24, 2.45) is 11.7 Å². The van der Waals surface area contributed by atoms with Crippen LogP contribution in [0.4, 0.5) is 0 Å². The first-order valence-corrected chi connectivity index (χ1v) is 14.0. The molecule has 1 heterocycles. The summed E-state index contributed by atoms with van der Waals surface area (Å²) in [6.45, 7) is 4.66. The minimum atomic E-state index is -0.827. The van der Waals surface area contributed by atoms with Crippen LogP contribution in [0.1, 0.15) is 25.0 Å². The third-order valence-corrected chi connectivity index (χ3v) is 7.00. The van der Waals surface area contributed by atoms with Gasteiger partial charge in [-0.25, -0.2) is 0 Å². The van der Waals surface area contributed by atoms with Crippen LogP contribution in [0.2, 0.25) is 0 Å². The third-order valence-electron chi connectivity index (χ3n) is 7.00. The van der Waals surface area contributed by atoms with Gasteiger partial charge in [0.2, 0.25) is 0 Å². The van der Waals surface area contributed by atoms with Gasteiger partial charge >= 0.3 is 0 Å². The highest BCUT2D eigenvalue weighted by molar-refractivity contribution is 5.80. The Morgan fingerprint density at radius 1 is 0.738 bits per heavy atom. The van der Waals surface area contributed by atoms with Crippen LogP contribution in [0.15, 0.2) is 112 Å². The standard InChI is InChI=1S/C35H35NO6/c1-23(2)35(36)32(38)22-41-27-13-14-30-31(37)19-33(42-34(30)18-27)26-15-28(39-20-24-9-5-3-6-10-24)17-29(16-26)40-21-25-11-7-4-8-12-25/h3-19,23,32,35,38H,20-22,36H2,1-2H3/t32-,35?/m0/s1. The van der Waals surface area contributed by atoms with Gasteiger partial charge in [0.05, 0.1) is 5.39 Å². The Hall–Kier alpha value is -4.59. The van der Waals surface area contributed by atoms with Gasteiger partial charge in [0.1, 0.15) is 54.5 Å². The fourth-order valence-electron chi connectivity index (χ4n) is 4.47. The molecular weight excluding hydrogens is 530 g/mol. The predicted octanol–water partition coefficient (Wildman–Crippen LogP) is 6.34. The van der Waals surface area contributed by atoms with E-state index in [-0.39, 0.29) is 18.0 Å². The highest BCUT2D eigenvalue weighted by Crippen LogP contribution is 2.32. The van der Waals surface area contributed by atoms with E-state index in [1.165, 1.54) is 6.07 Å². The van der Waals surface area contributed by atoms with E-state index in [4.69, 9.17) is 24.4 Å². The van der Waals surface area contributed by atoms with Gasteiger partial charge in [0.25, 0.3) is 0 Å². The molecular formula is C35H35NO6. The van der Waals surface area contributed by atoms with Gasteiger partial charge in [-0.2, -0.15) is 0 Å². The van der Waals surface area contributed by atoms with Crippen LogP contribution in [0.25, 0.3) is 22.3 Å². The number of rotatable bonds is 12. The van der Waals surface area contributed by atoms with Gasteiger partial charge in [-0.1, -0.05) is 74.5 Å². The molecule has 0 radical (unpaired) electrons. The van der Waals surface area contributed by atoms with E-state index in [0.717, 1.165) is 11.1 Å². The Bertz CT molecular complexity index is 1600. The number of nitrogens with two attached hydrogens (primary N) is 1. The largest absolute Gasteiger partial charge is 0.491 e. The maximum atomic E-state index is 13.1. The number of hydrogen-bond donors (Lipinski definition) is 2. The number of benzene rings is 4. The van der Waals surface area contributed by atoms with Crippen molar-refractivity contribution in [1.29, 1.82) is 0 Å². The van der Waals surface area contributed by atoms with Gasteiger partial charge in [0.15, 0.2) is 5.43 Å². The Morgan fingerprint density at radius 3 is 1.90 bits per heavy atom.